The standard InChI is InChI=1S/C23H27F3N2OS/c1-16(19-4-6-20(7-5-19)23(24,25)26)14-22(29)27-21-8-3-18(13-17(21)2)15-28-9-11-30-12-10-28/h3-8,13,16H,9-12,14-15H2,1-2H3,(H,27,29). The third kappa shape index (κ3) is 6.25. The third-order valence-corrected chi connectivity index (χ3v) is 6.32. The molecule has 1 unspecified atom stereocenters. The lowest BCUT2D eigenvalue weighted by atomic mass is 9.96. The molecule has 1 aliphatic heterocycles. The molecule has 1 amide bonds. The number of amides is 1. The summed E-state index contributed by atoms with van der Waals surface area (Å²) < 4.78 is 38.1. The van der Waals surface area contributed by atoms with E-state index in [1.807, 2.05) is 37.7 Å². The van der Waals surface area contributed by atoms with Crippen LogP contribution < -0.4 is 5.32 Å². The van der Waals surface area contributed by atoms with Crippen molar-refractivity contribution < 1.29 is 18.0 Å². The summed E-state index contributed by atoms with van der Waals surface area (Å²) in [6.07, 6.45) is -4.15. The molecule has 1 fully saturated rings. The fourth-order valence-corrected chi connectivity index (χ4v) is 4.56. The molecule has 0 saturated carbocycles. The van der Waals surface area contributed by atoms with Gasteiger partial charge in [0.05, 0.1) is 5.56 Å². The zero-order valence-electron chi connectivity index (χ0n) is 17.3. The van der Waals surface area contributed by atoms with Crippen LogP contribution in [0.2, 0.25) is 0 Å². The first-order valence-electron chi connectivity index (χ1n) is 10.1. The van der Waals surface area contributed by atoms with Gasteiger partial charge in [-0.25, -0.2) is 0 Å². The molecule has 1 atom stereocenters. The number of thioether (sulfide) groups is 1. The number of carbonyl (C=O) groups is 1. The molecular weight excluding hydrogens is 409 g/mol. The molecule has 2 aromatic carbocycles. The van der Waals surface area contributed by atoms with Gasteiger partial charge in [0.2, 0.25) is 5.91 Å². The van der Waals surface area contributed by atoms with Crippen molar-refractivity contribution in [2.24, 2.45) is 0 Å². The Morgan fingerprint density at radius 3 is 2.40 bits per heavy atom. The van der Waals surface area contributed by atoms with E-state index in [0.29, 0.717) is 5.56 Å². The average Bonchev–Trinajstić information content (AvgIpc) is 2.70. The molecule has 0 bridgehead atoms. The highest BCUT2D eigenvalue weighted by Gasteiger charge is 2.30. The topological polar surface area (TPSA) is 32.3 Å². The minimum absolute atomic E-state index is 0.147. The maximum Gasteiger partial charge on any atom is 0.416 e. The van der Waals surface area contributed by atoms with Crippen LogP contribution in [0.25, 0.3) is 0 Å². The Hall–Kier alpha value is -1.99. The van der Waals surface area contributed by atoms with Crippen molar-refractivity contribution in [2.45, 2.75) is 38.9 Å². The number of nitrogens with zero attached hydrogens (tertiary/aromatic N) is 1. The van der Waals surface area contributed by atoms with E-state index in [0.717, 1.165) is 43.0 Å². The number of anilines is 1. The molecule has 30 heavy (non-hydrogen) atoms. The van der Waals surface area contributed by atoms with Crippen molar-refractivity contribution >= 4 is 23.4 Å². The molecule has 7 heteroatoms. The molecule has 3 nitrogen and oxygen atoms in total. The Balaban J connectivity index is 1.56. The molecule has 0 aliphatic carbocycles. The number of nitrogens with one attached hydrogen (secondary N) is 1. The maximum atomic E-state index is 12.7. The van der Waals surface area contributed by atoms with Crippen molar-refractivity contribution in [1.29, 1.82) is 0 Å². The molecule has 0 aromatic heterocycles. The number of hydrogen-bond donors (Lipinski definition) is 1. The first-order valence-corrected chi connectivity index (χ1v) is 11.2. The van der Waals surface area contributed by atoms with Gasteiger partial charge in [0.15, 0.2) is 0 Å². The number of hydrogen-bond acceptors (Lipinski definition) is 3. The van der Waals surface area contributed by atoms with Crippen molar-refractivity contribution in [3.05, 3.63) is 64.7 Å². The van der Waals surface area contributed by atoms with Crippen molar-refractivity contribution in [1.82, 2.24) is 4.90 Å². The van der Waals surface area contributed by atoms with Crippen molar-refractivity contribution in [3.63, 3.8) is 0 Å². The zero-order chi connectivity index (χ0) is 21.7. The van der Waals surface area contributed by atoms with E-state index in [9.17, 15) is 18.0 Å². The van der Waals surface area contributed by atoms with Crippen molar-refractivity contribution in [2.75, 3.05) is 29.9 Å². The van der Waals surface area contributed by atoms with Crippen molar-refractivity contribution in [3.8, 4) is 0 Å². The molecule has 1 saturated heterocycles. The summed E-state index contributed by atoms with van der Waals surface area (Å²) in [6, 6.07) is 11.1. The van der Waals surface area contributed by atoms with Gasteiger partial charge in [0.1, 0.15) is 0 Å². The zero-order valence-corrected chi connectivity index (χ0v) is 18.1. The van der Waals surface area contributed by atoms with Crippen LogP contribution in [0, 0.1) is 6.92 Å². The number of halogens is 3. The van der Waals surface area contributed by atoms with Crippen LogP contribution >= 0.6 is 11.8 Å². The predicted molar refractivity (Wildman–Crippen MR) is 117 cm³/mol. The van der Waals surface area contributed by atoms with Crippen LogP contribution in [0.15, 0.2) is 42.5 Å². The smallest absolute Gasteiger partial charge is 0.326 e. The highest BCUT2D eigenvalue weighted by Crippen LogP contribution is 2.31. The van der Waals surface area contributed by atoms with Crippen LogP contribution in [0.5, 0.6) is 0 Å². The van der Waals surface area contributed by atoms with Crippen LogP contribution in [0.3, 0.4) is 0 Å². The van der Waals surface area contributed by atoms with Gasteiger partial charge in [-0.05, 0) is 47.7 Å². The first kappa shape index (κ1) is 22.7. The molecular formula is C23H27F3N2OS. The molecule has 2 aromatic rings. The Morgan fingerprint density at radius 1 is 1.13 bits per heavy atom. The summed E-state index contributed by atoms with van der Waals surface area (Å²) in [5.74, 6) is 2.02. The lowest BCUT2D eigenvalue weighted by Gasteiger charge is -2.26. The number of carbonyl (C=O) groups excluding carboxylic acids is 1. The van der Waals surface area contributed by atoms with Gasteiger partial charge in [-0.2, -0.15) is 24.9 Å². The first-order chi connectivity index (χ1) is 14.2. The Kier molecular flexibility index (Phi) is 7.47. The fourth-order valence-electron chi connectivity index (χ4n) is 3.58. The van der Waals surface area contributed by atoms with Gasteiger partial charge < -0.3 is 5.32 Å². The van der Waals surface area contributed by atoms with E-state index in [1.54, 1.807) is 0 Å². The molecule has 1 heterocycles. The van der Waals surface area contributed by atoms with Crippen LogP contribution in [-0.2, 0) is 17.5 Å². The second-order valence-corrected chi connectivity index (χ2v) is 9.04. The minimum atomic E-state index is -4.35. The SMILES string of the molecule is Cc1cc(CN2CCSCC2)ccc1NC(=O)CC(C)c1ccc(C(F)(F)F)cc1. The number of rotatable bonds is 6. The minimum Gasteiger partial charge on any atom is -0.326 e. The number of alkyl halides is 3. The highest BCUT2D eigenvalue weighted by atomic mass is 32.2. The van der Waals surface area contributed by atoms with E-state index >= 15 is 0 Å². The van der Waals surface area contributed by atoms with E-state index in [1.165, 1.54) is 29.2 Å². The molecule has 1 aliphatic rings. The lowest BCUT2D eigenvalue weighted by molar-refractivity contribution is -0.137. The summed E-state index contributed by atoms with van der Waals surface area (Å²) in [5, 5.41) is 2.94. The van der Waals surface area contributed by atoms with Crippen LogP contribution in [-0.4, -0.2) is 35.4 Å². The summed E-state index contributed by atoms with van der Waals surface area (Å²) >= 11 is 1.99. The summed E-state index contributed by atoms with van der Waals surface area (Å²) in [6.45, 7) is 6.94. The maximum absolute atomic E-state index is 12.7. The number of benzene rings is 2. The largest absolute Gasteiger partial charge is 0.416 e. The van der Waals surface area contributed by atoms with E-state index in [4.69, 9.17) is 0 Å². The molecule has 1 N–H and O–H groups in total. The average molecular weight is 437 g/mol. The van der Waals surface area contributed by atoms with Gasteiger partial charge in [-0.3, -0.25) is 9.69 Å². The number of aryl methyl sites for hydroxylation is 1. The summed E-state index contributed by atoms with van der Waals surface area (Å²) in [4.78, 5) is 14.9. The Labute approximate surface area is 180 Å². The summed E-state index contributed by atoms with van der Waals surface area (Å²) in [7, 11) is 0. The molecule has 0 radical (unpaired) electrons. The Bertz CT molecular complexity index is 862. The van der Waals surface area contributed by atoms with Crippen LogP contribution in [0.4, 0.5) is 18.9 Å². The highest BCUT2D eigenvalue weighted by molar-refractivity contribution is 7.99. The Morgan fingerprint density at radius 2 is 1.80 bits per heavy atom. The molecule has 0 spiro atoms. The van der Waals surface area contributed by atoms with Gasteiger partial charge in [-0.15, -0.1) is 0 Å². The second-order valence-electron chi connectivity index (χ2n) is 7.81. The van der Waals surface area contributed by atoms with Gasteiger partial charge >= 0.3 is 6.18 Å². The second kappa shape index (κ2) is 9.88. The van der Waals surface area contributed by atoms with Gasteiger partial charge in [-0.1, -0.05) is 31.2 Å². The fraction of sp³-hybridized carbons (Fsp3) is 0.435. The van der Waals surface area contributed by atoms with Gasteiger partial charge in [0, 0.05) is 43.2 Å². The normalized spacial score (nSPS) is 16.3. The predicted octanol–water partition coefficient (Wildman–Crippen LogP) is 5.69. The molecule has 3 rings (SSSR count). The van der Waals surface area contributed by atoms with E-state index < -0.39 is 11.7 Å². The molecule has 162 valence electrons. The van der Waals surface area contributed by atoms with Crippen LogP contribution in [0.1, 0.15) is 41.5 Å². The monoisotopic (exact) mass is 436 g/mol. The van der Waals surface area contributed by atoms with E-state index in [2.05, 4.69) is 16.3 Å². The van der Waals surface area contributed by atoms with Gasteiger partial charge in [0.25, 0.3) is 0 Å². The van der Waals surface area contributed by atoms with E-state index in [-0.39, 0.29) is 18.2 Å². The quantitative estimate of drug-likeness (QED) is 0.631. The third-order valence-electron chi connectivity index (χ3n) is 5.37. The lowest BCUT2D eigenvalue weighted by Crippen LogP contribution is -2.31. The summed E-state index contributed by atoms with van der Waals surface area (Å²) in [5.41, 5.74) is 3.05.